The fourth-order valence-electron chi connectivity index (χ4n) is 1.76. The van der Waals surface area contributed by atoms with Crippen molar-refractivity contribution in [2.45, 2.75) is 32.3 Å². The molecule has 2 heterocycles. The Morgan fingerprint density at radius 2 is 2.24 bits per heavy atom. The highest BCUT2D eigenvalue weighted by molar-refractivity contribution is 5.02. The summed E-state index contributed by atoms with van der Waals surface area (Å²) in [7, 11) is 0. The van der Waals surface area contributed by atoms with Crippen LogP contribution >= 0.6 is 0 Å². The van der Waals surface area contributed by atoms with Gasteiger partial charge in [-0.3, -0.25) is 0 Å². The number of nitrogens with zero attached hydrogens (tertiary/aromatic N) is 3. The van der Waals surface area contributed by atoms with Crippen LogP contribution in [-0.4, -0.2) is 34.1 Å². The second-order valence-electron chi connectivity index (χ2n) is 3.91. The normalized spacial score (nSPS) is 20.4. The summed E-state index contributed by atoms with van der Waals surface area (Å²) in [6.45, 7) is 1.90. The average molecular weight is 250 g/mol. The van der Waals surface area contributed by atoms with Gasteiger partial charge >= 0.3 is 6.18 Å². The van der Waals surface area contributed by atoms with Gasteiger partial charge in [0, 0.05) is 13.1 Å². The molecule has 1 aliphatic heterocycles. The maximum atomic E-state index is 11.9. The lowest BCUT2D eigenvalue weighted by Crippen LogP contribution is -2.32. The van der Waals surface area contributed by atoms with Crippen LogP contribution in [0.4, 0.5) is 13.2 Å². The molecule has 1 aromatic rings. The van der Waals surface area contributed by atoms with E-state index in [1.54, 1.807) is 4.57 Å². The lowest BCUT2D eigenvalue weighted by Gasteiger charge is -2.21. The van der Waals surface area contributed by atoms with Crippen LogP contribution in [0.15, 0.2) is 0 Å². The van der Waals surface area contributed by atoms with E-state index >= 15 is 0 Å². The summed E-state index contributed by atoms with van der Waals surface area (Å²) in [5.74, 6) is 1.18. The van der Waals surface area contributed by atoms with Gasteiger partial charge in [0.05, 0.1) is 6.04 Å². The highest BCUT2D eigenvalue weighted by Gasteiger charge is 2.28. The third-order valence-electron chi connectivity index (χ3n) is 2.53. The van der Waals surface area contributed by atoms with Crippen LogP contribution in [0.5, 0.6) is 0 Å². The Morgan fingerprint density at radius 1 is 1.47 bits per heavy atom. The molecule has 5 nitrogen and oxygen atoms in total. The smallest absolute Gasteiger partial charge is 0.364 e. The van der Waals surface area contributed by atoms with Crippen molar-refractivity contribution in [3.63, 3.8) is 0 Å². The third-order valence-corrected chi connectivity index (χ3v) is 2.53. The van der Waals surface area contributed by atoms with E-state index in [-0.39, 0.29) is 12.6 Å². The van der Waals surface area contributed by atoms with Crippen LogP contribution in [0.25, 0.3) is 0 Å². The molecule has 1 aliphatic rings. The highest BCUT2D eigenvalue weighted by atomic mass is 19.4. The van der Waals surface area contributed by atoms with E-state index in [9.17, 15) is 13.2 Å². The zero-order valence-electron chi connectivity index (χ0n) is 9.29. The maximum Gasteiger partial charge on any atom is 0.411 e. The number of hydrogen-bond donors (Lipinski definition) is 1. The van der Waals surface area contributed by atoms with Gasteiger partial charge in [-0.1, -0.05) is 0 Å². The number of alkyl halides is 3. The second kappa shape index (κ2) is 4.61. The molecule has 0 amide bonds. The minimum atomic E-state index is -4.31. The maximum absolute atomic E-state index is 11.9. The van der Waals surface area contributed by atoms with Gasteiger partial charge in [0.1, 0.15) is 19.0 Å². The Hall–Kier alpha value is -1.15. The van der Waals surface area contributed by atoms with Crippen molar-refractivity contribution in [3.8, 4) is 0 Å². The van der Waals surface area contributed by atoms with Crippen molar-refractivity contribution in [2.24, 2.45) is 0 Å². The number of halogens is 3. The minimum absolute atomic E-state index is 0.0626. The molecule has 0 spiro atoms. The van der Waals surface area contributed by atoms with E-state index in [4.69, 9.17) is 0 Å². The number of fused-ring (bicyclic) bond motifs is 1. The van der Waals surface area contributed by atoms with Crippen molar-refractivity contribution < 1.29 is 17.9 Å². The molecule has 0 radical (unpaired) electrons. The number of hydrogen-bond acceptors (Lipinski definition) is 4. The number of rotatable bonds is 3. The predicted octanol–water partition coefficient (Wildman–Crippen LogP) is 1.02. The van der Waals surface area contributed by atoms with Crippen LogP contribution < -0.4 is 5.32 Å². The van der Waals surface area contributed by atoms with Gasteiger partial charge in [-0.2, -0.15) is 13.2 Å². The molecular formula is C9H13F3N4O. The van der Waals surface area contributed by atoms with Crippen molar-refractivity contribution in [1.82, 2.24) is 20.1 Å². The molecule has 1 N–H and O–H groups in total. The molecule has 1 unspecified atom stereocenters. The van der Waals surface area contributed by atoms with E-state index in [1.807, 2.05) is 6.92 Å². The predicted molar refractivity (Wildman–Crippen MR) is 52.2 cm³/mol. The lowest BCUT2D eigenvalue weighted by atomic mass is 10.2. The SMILES string of the molecule is CC1NCCn2c(COCC(F)(F)F)nnc21. The van der Waals surface area contributed by atoms with Gasteiger partial charge in [0.15, 0.2) is 5.82 Å². The highest BCUT2D eigenvalue weighted by Crippen LogP contribution is 2.18. The summed E-state index contributed by atoms with van der Waals surface area (Å²) in [6, 6.07) is 0.0626. The Kier molecular flexibility index (Phi) is 3.34. The number of nitrogens with one attached hydrogen (secondary N) is 1. The lowest BCUT2D eigenvalue weighted by molar-refractivity contribution is -0.177. The Labute approximate surface area is 96.0 Å². The minimum Gasteiger partial charge on any atom is -0.364 e. The van der Waals surface area contributed by atoms with E-state index in [0.29, 0.717) is 12.4 Å². The van der Waals surface area contributed by atoms with Crippen LogP contribution in [0, 0.1) is 0 Å². The molecule has 2 rings (SSSR count). The van der Waals surface area contributed by atoms with Crippen molar-refractivity contribution in [3.05, 3.63) is 11.6 Å². The van der Waals surface area contributed by atoms with Gasteiger partial charge in [0.25, 0.3) is 0 Å². The van der Waals surface area contributed by atoms with Gasteiger partial charge in [-0.25, -0.2) is 0 Å². The molecule has 8 heteroatoms. The third kappa shape index (κ3) is 2.95. The first-order valence-corrected chi connectivity index (χ1v) is 5.27. The number of ether oxygens (including phenoxy) is 1. The Morgan fingerprint density at radius 3 is 2.94 bits per heavy atom. The monoisotopic (exact) mass is 250 g/mol. The van der Waals surface area contributed by atoms with Crippen LogP contribution in [0.1, 0.15) is 24.6 Å². The zero-order chi connectivity index (χ0) is 12.5. The van der Waals surface area contributed by atoms with Gasteiger partial charge < -0.3 is 14.6 Å². The molecule has 0 saturated heterocycles. The quantitative estimate of drug-likeness (QED) is 0.870. The molecule has 0 fully saturated rings. The summed E-state index contributed by atoms with van der Waals surface area (Å²) in [6.07, 6.45) is -4.31. The molecule has 1 atom stereocenters. The molecule has 96 valence electrons. The van der Waals surface area contributed by atoms with E-state index < -0.39 is 12.8 Å². The summed E-state index contributed by atoms with van der Waals surface area (Å²) >= 11 is 0. The van der Waals surface area contributed by atoms with Gasteiger partial charge in [-0.05, 0) is 6.92 Å². The van der Waals surface area contributed by atoms with Crippen LogP contribution in [-0.2, 0) is 17.9 Å². The summed E-state index contributed by atoms with van der Waals surface area (Å²) in [5, 5.41) is 11.0. The molecular weight excluding hydrogens is 237 g/mol. The fraction of sp³-hybridized carbons (Fsp3) is 0.778. The van der Waals surface area contributed by atoms with Crippen LogP contribution in [0.2, 0.25) is 0 Å². The topological polar surface area (TPSA) is 52.0 Å². The molecule has 0 aromatic carbocycles. The van der Waals surface area contributed by atoms with Gasteiger partial charge in [-0.15, -0.1) is 10.2 Å². The first-order chi connectivity index (χ1) is 7.97. The molecule has 1 aromatic heterocycles. The zero-order valence-corrected chi connectivity index (χ0v) is 9.29. The largest absolute Gasteiger partial charge is 0.411 e. The molecule has 0 bridgehead atoms. The molecule has 17 heavy (non-hydrogen) atoms. The summed E-state index contributed by atoms with van der Waals surface area (Å²) in [4.78, 5) is 0. The van der Waals surface area contributed by atoms with Crippen molar-refractivity contribution in [1.29, 1.82) is 0 Å². The van der Waals surface area contributed by atoms with Crippen molar-refractivity contribution >= 4 is 0 Å². The fourth-order valence-corrected chi connectivity index (χ4v) is 1.76. The molecule has 0 aliphatic carbocycles. The number of aromatic nitrogens is 3. The van der Waals surface area contributed by atoms with E-state index in [0.717, 1.165) is 12.4 Å². The second-order valence-corrected chi connectivity index (χ2v) is 3.91. The molecule has 0 saturated carbocycles. The van der Waals surface area contributed by atoms with Crippen LogP contribution in [0.3, 0.4) is 0 Å². The standard InChI is InChI=1S/C9H13F3N4O/c1-6-8-15-14-7(16(8)3-2-13-6)4-17-5-9(10,11)12/h6,13H,2-5H2,1H3. The van der Waals surface area contributed by atoms with E-state index in [2.05, 4.69) is 20.3 Å². The van der Waals surface area contributed by atoms with E-state index in [1.165, 1.54) is 0 Å². The summed E-state index contributed by atoms with van der Waals surface area (Å²) < 4.78 is 42.1. The first-order valence-electron chi connectivity index (χ1n) is 5.27. The Bertz CT molecular complexity index is 390. The average Bonchev–Trinajstić information content (AvgIpc) is 2.61. The van der Waals surface area contributed by atoms with Gasteiger partial charge in [0.2, 0.25) is 0 Å². The summed E-state index contributed by atoms with van der Waals surface area (Å²) in [5.41, 5.74) is 0. The Balaban J connectivity index is 1.98. The van der Waals surface area contributed by atoms with Crippen molar-refractivity contribution in [2.75, 3.05) is 13.2 Å². The first kappa shape index (κ1) is 12.3.